The van der Waals surface area contributed by atoms with Gasteiger partial charge in [-0.2, -0.15) is 0 Å². The molecule has 0 aliphatic rings. The van der Waals surface area contributed by atoms with Crippen LogP contribution in [0.1, 0.15) is 5.56 Å². The lowest BCUT2D eigenvalue weighted by Crippen LogP contribution is -1.61. The van der Waals surface area contributed by atoms with Crippen LogP contribution in [-0.2, 0) is 0 Å². The first-order valence-electron chi connectivity index (χ1n) is 1.80. The molecule has 3 heteroatoms. The molecule has 0 spiro atoms. The molecule has 0 unspecified atom stereocenters. The summed E-state index contributed by atoms with van der Waals surface area (Å²) in [7, 11) is 0. The Labute approximate surface area is 49.6 Å². The summed E-state index contributed by atoms with van der Waals surface area (Å²) in [4.78, 5) is 0. The maximum absolute atomic E-state index is 4.42. The molecule has 2 nitrogen and oxygen atoms in total. The van der Waals surface area contributed by atoms with Crippen LogP contribution in [0.2, 0.25) is 0 Å². The van der Waals surface area contributed by atoms with Crippen molar-refractivity contribution in [2.24, 2.45) is 0 Å². The molecule has 0 fully saturated rings. The highest BCUT2D eigenvalue weighted by Crippen LogP contribution is 2.09. The van der Waals surface area contributed by atoms with Gasteiger partial charge in [0.2, 0.25) is 6.26 Å². The second-order valence-corrected chi connectivity index (χ2v) is 1.95. The first kappa shape index (κ1) is 4.84. The maximum atomic E-state index is 4.42. The molecule has 1 heterocycles. The quantitative estimate of drug-likeness (QED) is 0.576. The van der Waals surface area contributed by atoms with E-state index >= 15 is 0 Å². The highest BCUT2D eigenvalue weighted by atomic mass is 79.9. The second-order valence-electron chi connectivity index (χ2n) is 1.20. The summed E-state index contributed by atoms with van der Waals surface area (Å²) in [6.07, 6.45) is 2.54. The molecule has 0 aromatic carbocycles. The smallest absolute Gasteiger partial charge is 0.209 e. The van der Waals surface area contributed by atoms with Crippen molar-refractivity contribution < 1.29 is 4.52 Å². The van der Waals surface area contributed by atoms with Gasteiger partial charge in [-0.3, -0.25) is 0 Å². The monoisotopic (exact) mass is 160 g/mol. The molecular weight excluding hydrogens is 158 g/mol. The molecule has 1 aromatic rings. The highest BCUT2D eigenvalue weighted by Gasteiger charge is 1.94. The summed E-state index contributed by atoms with van der Waals surface area (Å²) < 4.78 is 5.15. The molecule has 1 rings (SSSR count). The van der Waals surface area contributed by atoms with Crippen molar-refractivity contribution in [1.82, 2.24) is 5.16 Å². The zero-order valence-electron chi connectivity index (χ0n) is 3.73. The molecule has 0 aliphatic carbocycles. The third-order valence-electron chi connectivity index (χ3n) is 0.634. The summed E-state index contributed by atoms with van der Waals surface area (Å²) in [6, 6.07) is 0. The molecule has 0 saturated heterocycles. The van der Waals surface area contributed by atoms with E-state index in [9.17, 15) is 0 Å². The van der Waals surface area contributed by atoms with Crippen molar-refractivity contribution in [3.63, 3.8) is 0 Å². The van der Waals surface area contributed by atoms with Gasteiger partial charge in [-0.25, -0.2) is 0 Å². The van der Waals surface area contributed by atoms with E-state index in [1.54, 1.807) is 0 Å². The van der Waals surface area contributed by atoms with Crippen LogP contribution < -0.4 is 0 Å². The first-order valence-corrected chi connectivity index (χ1v) is 2.59. The molecule has 0 atom stereocenters. The van der Waals surface area contributed by atoms with Gasteiger partial charge in [-0.05, 0) is 22.9 Å². The molecular formula is C4H3BrNO. The minimum atomic E-state index is 0.729. The Hall–Kier alpha value is -0.310. The normalized spacial score (nSPS) is 9.43. The summed E-state index contributed by atoms with van der Waals surface area (Å²) in [5.41, 5.74) is 0.903. The third-order valence-corrected chi connectivity index (χ3v) is 1.37. The van der Waals surface area contributed by atoms with Crippen LogP contribution in [0.4, 0.5) is 0 Å². The van der Waals surface area contributed by atoms with Crippen molar-refractivity contribution in [2.75, 3.05) is 0 Å². The lowest BCUT2D eigenvalue weighted by atomic mass is 10.4. The maximum Gasteiger partial charge on any atom is 0.209 e. The van der Waals surface area contributed by atoms with Crippen LogP contribution in [-0.4, -0.2) is 5.16 Å². The Morgan fingerprint density at radius 2 is 2.57 bits per heavy atom. The number of aryl methyl sites for hydroxylation is 1. The minimum absolute atomic E-state index is 0.729. The van der Waals surface area contributed by atoms with E-state index in [1.807, 2.05) is 6.92 Å². The van der Waals surface area contributed by atoms with Gasteiger partial charge in [-0.15, -0.1) is 0 Å². The van der Waals surface area contributed by atoms with Crippen molar-refractivity contribution in [3.05, 3.63) is 16.4 Å². The Bertz CT molecular complexity index is 144. The standard InChI is InChI=1S/C4H3BrNO/c1-3-2-7-6-4(3)5/h1H3. The van der Waals surface area contributed by atoms with E-state index in [4.69, 9.17) is 0 Å². The Kier molecular flexibility index (Phi) is 1.15. The second kappa shape index (κ2) is 1.66. The molecule has 37 valence electrons. The van der Waals surface area contributed by atoms with Gasteiger partial charge in [0.1, 0.15) is 0 Å². The summed E-state index contributed by atoms with van der Waals surface area (Å²) >= 11 is 3.13. The van der Waals surface area contributed by atoms with Crippen LogP contribution in [0.15, 0.2) is 9.13 Å². The number of nitrogens with zero attached hydrogens (tertiary/aromatic N) is 1. The van der Waals surface area contributed by atoms with E-state index in [2.05, 4.69) is 31.9 Å². The first-order chi connectivity index (χ1) is 3.30. The lowest BCUT2D eigenvalue weighted by Gasteiger charge is -1.70. The third kappa shape index (κ3) is 0.825. The van der Waals surface area contributed by atoms with Gasteiger partial charge in [0.05, 0.1) is 0 Å². The number of aromatic nitrogens is 1. The van der Waals surface area contributed by atoms with Gasteiger partial charge >= 0.3 is 0 Å². The van der Waals surface area contributed by atoms with Crippen LogP contribution in [0, 0.1) is 13.2 Å². The number of hydrogen-bond acceptors (Lipinski definition) is 2. The number of halogens is 1. The predicted molar refractivity (Wildman–Crippen MR) is 27.8 cm³/mol. The van der Waals surface area contributed by atoms with Crippen molar-refractivity contribution >= 4 is 15.9 Å². The molecule has 7 heavy (non-hydrogen) atoms. The molecule has 0 bridgehead atoms. The molecule has 0 N–H and O–H groups in total. The van der Waals surface area contributed by atoms with E-state index in [-0.39, 0.29) is 0 Å². The Morgan fingerprint density at radius 3 is 2.71 bits per heavy atom. The van der Waals surface area contributed by atoms with Crippen molar-refractivity contribution in [2.45, 2.75) is 6.92 Å². The molecule has 0 aliphatic heterocycles. The molecule has 0 saturated carbocycles. The predicted octanol–water partition coefficient (Wildman–Crippen LogP) is 1.55. The summed E-state index contributed by atoms with van der Waals surface area (Å²) in [6.45, 7) is 1.86. The lowest BCUT2D eigenvalue weighted by molar-refractivity contribution is 0.408. The van der Waals surface area contributed by atoms with Gasteiger partial charge in [0, 0.05) is 5.56 Å². The van der Waals surface area contributed by atoms with Gasteiger partial charge in [0.15, 0.2) is 4.60 Å². The summed E-state index contributed by atoms with van der Waals surface area (Å²) in [5, 5.41) is 3.50. The molecule has 0 amide bonds. The topological polar surface area (TPSA) is 26.0 Å². The fourth-order valence-corrected chi connectivity index (χ4v) is 0.395. The SMILES string of the molecule is Cc1[c]onc1Br. The van der Waals surface area contributed by atoms with Gasteiger partial charge < -0.3 is 4.52 Å². The highest BCUT2D eigenvalue weighted by molar-refractivity contribution is 9.10. The van der Waals surface area contributed by atoms with E-state index < -0.39 is 0 Å². The number of rotatable bonds is 0. The fraction of sp³-hybridized carbons (Fsp3) is 0.250. The van der Waals surface area contributed by atoms with Crippen molar-refractivity contribution in [3.8, 4) is 0 Å². The zero-order valence-corrected chi connectivity index (χ0v) is 5.32. The minimum Gasteiger partial charge on any atom is -0.351 e. The van der Waals surface area contributed by atoms with Gasteiger partial charge in [0.25, 0.3) is 0 Å². The zero-order chi connectivity index (χ0) is 5.28. The van der Waals surface area contributed by atoms with E-state index in [0.717, 1.165) is 10.2 Å². The Balaban J connectivity index is 3.12. The van der Waals surface area contributed by atoms with Crippen LogP contribution in [0.3, 0.4) is 0 Å². The fourth-order valence-electron chi connectivity index (χ4n) is 0.242. The largest absolute Gasteiger partial charge is 0.351 e. The molecule has 1 aromatic heterocycles. The average molecular weight is 161 g/mol. The van der Waals surface area contributed by atoms with Crippen LogP contribution in [0.25, 0.3) is 0 Å². The van der Waals surface area contributed by atoms with E-state index in [1.165, 1.54) is 0 Å². The van der Waals surface area contributed by atoms with Gasteiger partial charge in [-0.1, -0.05) is 5.16 Å². The van der Waals surface area contributed by atoms with Crippen LogP contribution in [0.5, 0.6) is 0 Å². The number of hydrogen-bond donors (Lipinski definition) is 0. The van der Waals surface area contributed by atoms with Crippen LogP contribution >= 0.6 is 15.9 Å². The Morgan fingerprint density at radius 1 is 1.86 bits per heavy atom. The molecule has 1 radical (unpaired) electrons. The summed E-state index contributed by atoms with van der Waals surface area (Å²) in [5.74, 6) is 0. The van der Waals surface area contributed by atoms with Crippen molar-refractivity contribution in [1.29, 1.82) is 0 Å². The van der Waals surface area contributed by atoms with E-state index in [0.29, 0.717) is 0 Å². The average Bonchev–Trinajstić information content (AvgIpc) is 1.91.